The molecule has 1 N–H and O–H groups in total. The number of nitrogens with one attached hydrogen (secondary N) is 1. The zero-order valence-electron chi connectivity index (χ0n) is 12.5. The van der Waals surface area contributed by atoms with Crippen LogP contribution >= 0.6 is 11.3 Å². The molecule has 1 aromatic rings. The highest BCUT2D eigenvalue weighted by Gasteiger charge is 2.21. The lowest BCUT2D eigenvalue weighted by molar-refractivity contribution is 0.319. The summed E-state index contributed by atoms with van der Waals surface area (Å²) in [4.78, 5) is 0. The molecule has 19 heavy (non-hydrogen) atoms. The largest absolute Gasteiger partial charge is 0.357 e. The summed E-state index contributed by atoms with van der Waals surface area (Å²) in [7, 11) is 0. The van der Waals surface area contributed by atoms with Crippen molar-refractivity contribution in [1.82, 2.24) is 10.2 Å². The molecule has 4 heteroatoms. The number of rotatable bonds is 6. The molecule has 0 unspecified atom stereocenters. The van der Waals surface area contributed by atoms with Crippen LogP contribution in [0.2, 0.25) is 0 Å². The van der Waals surface area contributed by atoms with Gasteiger partial charge in [0.05, 0.1) is 0 Å². The van der Waals surface area contributed by atoms with Crippen molar-refractivity contribution in [3.8, 4) is 0 Å². The monoisotopic (exact) mass is 281 g/mol. The van der Waals surface area contributed by atoms with Gasteiger partial charge in [-0.25, -0.2) is 0 Å². The summed E-state index contributed by atoms with van der Waals surface area (Å²) in [6, 6.07) is 0.618. The number of anilines is 1. The zero-order chi connectivity index (χ0) is 13.7. The van der Waals surface area contributed by atoms with Crippen molar-refractivity contribution in [2.45, 2.75) is 71.8 Å². The van der Waals surface area contributed by atoms with Gasteiger partial charge in [0.15, 0.2) is 0 Å². The summed E-state index contributed by atoms with van der Waals surface area (Å²) in [5.74, 6) is 1.62. The maximum atomic E-state index is 4.28. The molecule has 2 rings (SSSR count). The lowest BCUT2D eigenvalue weighted by atomic mass is 9.83. The number of hydrogen-bond donors (Lipinski definition) is 1. The van der Waals surface area contributed by atoms with Crippen LogP contribution in [-0.4, -0.2) is 16.2 Å². The predicted octanol–water partition coefficient (Wildman–Crippen LogP) is 4.51. The Labute approximate surface area is 121 Å². The van der Waals surface area contributed by atoms with E-state index in [0.717, 1.165) is 22.5 Å². The summed E-state index contributed by atoms with van der Waals surface area (Å²) in [5, 5.41) is 14.3. The summed E-state index contributed by atoms with van der Waals surface area (Å²) < 4.78 is 0. The average Bonchev–Trinajstić information content (AvgIpc) is 2.78. The fourth-order valence-electron chi connectivity index (χ4n) is 2.92. The van der Waals surface area contributed by atoms with Gasteiger partial charge in [-0.15, -0.1) is 10.2 Å². The van der Waals surface area contributed by atoms with E-state index >= 15 is 0 Å². The molecule has 0 bridgehead atoms. The minimum atomic E-state index is 0.618. The van der Waals surface area contributed by atoms with Gasteiger partial charge in [0.2, 0.25) is 5.13 Å². The normalized spacial score (nSPS) is 23.8. The number of aromatic nitrogens is 2. The van der Waals surface area contributed by atoms with Crippen molar-refractivity contribution >= 4 is 16.5 Å². The average molecular weight is 281 g/mol. The van der Waals surface area contributed by atoms with E-state index in [0.29, 0.717) is 12.0 Å². The van der Waals surface area contributed by atoms with E-state index in [1.54, 1.807) is 11.3 Å². The highest BCUT2D eigenvalue weighted by molar-refractivity contribution is 7.15. The number of nitrogens with zero attached hydrogens (tertiary/aromatic N) is 2. The van der Waals surface area contributed by atoms with Crippen molar-refractivity contribution in [2.75, 3.05) is 5.32 Å². The van der Waals surface area contributed by atoms with Gasteiger partial charge in [0, 0.05) is 12.5 Å². The molecule has 0 aliphatic heterocycles. The Hall–Kier alpha value is -0.640. The summed E-state index contributed by atoms with van der Waals surface area (Å²) >= 11 is 1.73. The van der Waals surface area contributed by atoms with Gasteiger partial charge in [-0.05, 0) is 37.5 Å². The van der Waals surface area contributed by atoms with Crippen LogP contribution in [0.5, 0.6) is 0 Å². The third-order valence-corrected chi connectivity index (χ3v) is 4.80. The van der Waals surface area contributed by atoms with Gasteiger partial charge in [0.1, 0.15) is 5.01 Å². The molecular formula is C15H27N3S. The molecule has 1 aromatic heterocycles. The molecule has 0 amide bonds. The molecule has 0 saturated heterocycles. The van der Waals surface area contributed by atoms with E-state index in [4.69, 9.17) is 0 Å². The molecule has 108 valence electrons. The Balaban J connectivity index is 1.77. The second kappa shape index (κ2) is 7.22. The van der Waals surface area contributed by atoms with Crippen molar-refractivity contribution in [2.24, 2.45) is 11.8 Å². The molecule has 0 aromatic carbocycles. The van der Waals surface area contributed by atoms with Crippen molar-refractivity contribution in [3.63, 3.8) is 0 Å². The van der Waals surface area contributed by atoms with E-state index in [1.807, 2.05) is 0 Å². The highest BCUT2D eigenvalue weighted by atomic mass is 32.1. The first-order valence-corrected chi connectivity index (χ1v) is 8.58. The Bertz CT molecular complexity index is 367. The molecule has 1 heterocycles. The fraction of sp³-hybridized carbons (Fsp3) is 0.867. The van der Waals surface area contributed by atoms with Gasteiger partial charge in [-0.1, -0.05) is 44.9 Å². The van der Waals surface area contributed by atoms with Crippen LogP contribution in [0.25, 0.3) is 0 Å². The molecule has 0 spiro atoms. The second-order valence-corrected chi connectivity index (χ2v) is 7.31. The smallest absolute Gasteiger partial charge is 0.205 e. The maximum Gasteiger partial charge on any atom is 0.205 e. The quantitative estimate of drug-likeness (QED) is 0.834. The molecule has 0 atom stereocenters. The minimum absolute atomic E-state index is 0.618. The van der Waals surface area contributed by atoms with Crippen molar-refractivity contribution < 1.29 is 0 Å². The van der Waals surface area contributed by atoms with Crippen LogP contribution in [0.15, 0.2) is 0 Å². The molecule has 3 nitrogen and oxygen atoms in total. The zero-order valence-corrected chi connectivity index (χ0v) is 13.3. The summed E-state index contributed by atoms with van der Waals surface area (Å²) in [6.07, 6.45) is 9.13. The lowest BCUT2D eigenvalue weighted by Gasteiger charge is -2.28. The summed E-state index contributed by atoms with van der Waals surface area (Å²) in [6.45, 7) is 6.74. The topological polar surface area (TPSA) is 37.8 Å². The summed E-state index contributed by atoms with van der Waals surface area (Å²) in [5.41, 5.74) is 0. The Morgan fingerprint density at radius 1 is 1.21 bits per heavy atom. The van der Waals surface area contributed by atoms with Gasteiger partial charge in [0.25, 0.3) is 0 Å². The second-order valence-electron chi connectivity index (χ2n) is 6.25. The minimum Gasteiger partial charge on any atom is -0.357 e. The van der Waals surface area contributed by atoms with E-state index < -0.39 is 0 Å². The van der Waals surface area contributed by atoms with E-state index in [2.05, 4.69) is 36.3 Å². The van der Waals surface area contributed by atoms with Gasteiger partial charge in [-0.3, -0.25) is 0 Å². The Morgan fingerprint density at radius 2 is 1.95 bits per heavy atom. The standard InChI is InChI=1S/C15H27N3S/c1-4-5-12-6-8-13(9-7-12)16-15-18-17-14(19-15)10-11(2)3/h11-13H,4-10H2,1-3H3,(H,16,18). The van der Waals surface area contributed by atoms with E-state index in [1.165, 1.54) is 38.5 Å². The Kier molecular flexibility index (Phi) is 5.61. The van der Waals surface area contributed by atoms with Gasteiger partial charge in [-0.2, -0.15) is 0 Å². The number of hydrogen-bond acceptors (Lipinski definition) is 4. The van der Waals surface area contributed by atoms with Crippen LogP contribution in [0.3, 0.4) is 0 Å². The Morgan fingerprint density at radius 3 is 2.58 bits per heavy atom. The van der Waals surface area contributed by atoms with Crippen molar-refractivity contribution in [3.05, 3.63) is 5.01 Å². The molecule has 1 saturated carbocycles. The SMILES string of the molecule is CCCC1CCC(Nc2nnc(CC(C)C)s2)CC1. The van der Waals surface area contributed by atoms with Crippen LogP contribution in [-0.2, 0) is 6.42 Å². The predicted molar refractivity (Wildman–Crippen MR) is 82.7 cm³/mol. The first-order chi connectivity index (χ1) is 9.17. The third-order valence-electron chi connectivity index (χ3n) is 3.92. The first-order valence-electron chi connectivity index (χ1n) is 7.76. The van der Waals surface area contributed by atoms with Crippen LogP contribution < -0.4 is 5.32 Å². The van der Waals surface area contributed by atoms with Crippen molar-refractivity contribution in [1.29, 1.82) is 0 Å². The lowest BCUT2D eigenvalue weighted by Crippen LogP contribution is -2.26. The van der Waals surface area contributed by atoms with Crippen LogP contribution in [0, 0.1) is 11.8 Å². The van der Waals surface area contributed by atoms with Gasteiger partial charge >= 0.3 is 0 Å². The third kappa shape index (κ3) is 4.75. The fourth-order valence-corrected chi connectivity index (χ4v) is 3.95. The van der Waals surface area contributed by atoms with Crippen LogP contribution in [0.1, 0.15) is 64.3 Å². The van der Waals surface area contributed by atoms with E-state index in [9.17, 15) is 0 Å². The molecular weight excluding hydrogens is 254 g/mol. The maximum absolute atomic E-state index is 4.28. The first kappa shape index (κ1) is 14.8. The molecule has 1 aliphatic carbocycles. The molecule has 0 radical (unpaired) electrons. The highest BCUT2D eigenvalue weighted by Crippen LogP contribution is 2.30. The molecule has 1 aliphatic rings. The molecule has 1 fully saturated rings. The van der Waals surface area contributed by atoms with Gasteiger partial charge < -0.3 is 5.32 Å². The van der Waals surface area contributed by atoms with Crippen LogP contribution in [0.4, 0.5) is 5.13 Å². The van der Waals surface area contributed by atoms with E-state index in [-0.39, 0.29) is 0 Å².